The van der Waals surface area contributed by atoms with E-state index in [1.165, 1.54) is 6.20 Å². The SMILES string of the molecule is CCNc1cn2ccnc2c(OCC(F)(F)F)n1. The summed E-state index contributed by atoms with van der Waals surface area (Å²) in [4.78, 5) is 7.85. The van der Waals surface area contributed by atoms with Crippen molar-refractivity contribution in [2.45, 2.75) is 13.1 Å². The number of halogens is 3. The third kappa shape index (κ3) is 2.82. The standard InChI is InChI=1S/C10H11F3N4O/c1-2-14-7-5-17-4-3-15-8(17)9(16-7)18-6-10(11,12)13/h3-5,14H,2,6H2,1H3. The van der Waals surface area contributed by atoms with Crippen LogP contribution in [0.5, 0.6) is 5.88 Å². The maximum absolute atomic E-state index is 12.1. The van der Waals surface area contributed by atoms with Crippen LogP contribution in [0.1, 0.15) is 6.92 Å². The summed E-state index contributed by atoms with van der Waals surface area (Å²) in [7, 11) is 0. The number of nitrogens with one attached hydrogen (secondary N) is 1. The molecule has 0 aromatic carbocycles. The highest BCUT2D eigenvalue weighted by Gasteiger charge is 2.29. The summed E-state index contributed by atoms with van der Waals surface area (Å²) >= 11 is 0. The van der Waals surface area contributed by atoms with Crippen molar-refractivity contribution in [1.29, 1.82) is 0 Å². The number of anilines is 1. The Labute approximate surface area is 101 Å². The molecule has 0 fully saturated rings. The second kappa shape index (κ2) is 4.71. The van der Waals surface area contributed by atoms with Crippen LogP contribution < -0.4 is 10.1 Å². The van der Waals surface area contributed by atoms with E-state index in [1.807, 2.05) is 6.92 Å². The van der Waals surface area contributed by atoms with Gasteiger partial charge >= 0.3 is 6.18 Å². The summed E-state index contributed by atoms with van der Waals surface area (Å²) in [6.07, 6.45) is 0.303. The first-order chi connectivity index (χ1) is 8.49. The average Bonchev–Trinajstić information content (AvgIpc) is 2.73. The number of imidazole rings is 1. The first-order valence-corrected chi connectivity index (χ1v) is 5.26. The zero-order chi connectivity index (χ0) is 13.2. The molecule has 5 nitrogen and oxygen atoms in total. The predicted octanol–water partition coefficient (Wildman–Crippen LogP) is 2.10. The van der Waals surface area contributed by atoms with E-state index in [0.717, 1.165) is 0 Å². The number of hydrogen-bond acceptors (Lipinski definition) is 4. The minimum absolute atomic E-state index is 0.143. The molecule has 18 heavy (non-hydrogen) atoms. The summed E-state index contributed by atoms with van der Waals surface area (Å²) in [6.45, 7) is 1.07. The van der Waals surface area contributed by atoms with E-state index in [9.17, 15) is 13.2 Å². The van der Waals surface area contributed by atoms with Crippen molar-refractivity contribution in [2.75, 3.05) is 18.5 Å². The zero-order valence-corrected chi connectivity index (χ0v) is 9.53. The molecule has 0 bridgehead atoms. The number of alkyl halides is 3. The molecule has 2 aromatic rings. The fraction of sp³-hybridized carbons (Fsp3) is 0.400. The maximum Gasteiger partial charge on any atom is 0.422 e. The molecular formula is C10H11F3N4O. The molecule has 2 heterocycles. The first-order valence-electron chi connectivity index (χ1n) is 5.26. The van der Waals surface area contributed by atoms with E-state index in [2.05, 4.69) is 20.0 Å². The van der Waals surface area contributed by atoms with Gasteiger partial charge in [0.2, 0.25) is 5.65 Å². The molecule has 0 atom stereocenters. The Morgan fingerprint density at radius 2 is 2.22 bits per heavy atom. The van der Waals surface area contributed by atoms with Crippen molar-refractivity contribution in [3.05, 3.63) is 18.6 Å². The van der Waals surface area contributed by atoms with Gasteiger partial charge in [0.05, 0.1) is 6.20 Å². The first kappa shape index (κ1) is 12.5. The second-order valence-electron chi connectivity index (χ2n) is 3.52. The summed E-state index contributed by atoms with van der Waals surface area (Å²) in [6, 6.07) is 0. The molecule has 0 amide bonds. The van der Waals surface area contributed by atoms with E-state index in [1.54, 1.807) is 16.8 Å². The molecule has 8 heteroatoms. The highest BCUT2D eigenvalue weighted by molar-refractivity contribution is 5.53. The van der Waals surface area contributed by atoms with Gasteiger partial charge in [0.15, 0.2) is 6.61 Å². The van der Waals surface area contributed by atoms with Gasteiger partial charge in [0.25, 0.3) is 5.88 Å². The number of nitrogens with zero attached hydrogens (tertiary/aromatic N) is 3. The number of ether oxygens (including phenoxy) is 1. The summed E-state index contributed by atoms with van der Waals surface area (Å²) in [5.41, 5.74) is 0.251. The molecule has 0 spiro atoms. The van der Waals surface area contributed by atoms with Crippen LogP contribution in [0.25, 0.3) is 5.65 Å². The van der Waals surface area contributed by atoms with Gasteiger partial charge in [-0.25, -0.2) is 4.98 Å². The van der Waals surface area contributed by atoms with Gasteiger partial charge in [-0.05, 0) is 6.92 Å². The Kier molecular flexibility index (Phi) is 3.26. The summed E-state index contributed by atoms with van der Waals surface area (Å²) in [5.74, 6) is 0.288. The van der Waals surface area contributed by atoms with Gasteiger partial charge in [0, 0.05) is 18.9 Å². The molecular weight excluding hydrogens is 249 g/mol. The van der Waals surface area contributed by atoms with Gasteiger partial charge in [0.1, 0.15) is 5.82 Å². The lowest BCUT2D eigenvalue weighted by molar-refractivity contribution is -0.153. The van der Waals surface area contributed by atoms with Gasteiger partial charge in [-0.15, -0.1) is 0 Å². The van der Waals surface area contributed by atoms with Crippen molar-refractivity contribution in [1.82, 2.24) is 14.4 Å². The van der Waals surface area contributed by atoms with Gasteiger partial charge < -0.3 is 10.1 Å². The normalized spacial score (nSPS) is 11.8. The number of rotatable bonds is 4. The average molecular weight is 260 g/mol. The van der Waals surface area contributed by atoms with Gasteiger partial charge in [-0.3, -0.25) is 4.40 Å². The summed E-state index contributed by atoms with van der Waals surface area (Å²) < 4.78 is 42.6. The Morgan fingerprint density at radius 1 is 1.44 bits per heavy atom. The minimum Gasteiger partial charge on any atom is -0.465 e. The molecule has 0 saturated heterocycles. The van der Waals surface area contributed by atoms with Crippen LogP contribution in [-0.4, -0.2) is 33.7 Å². The minimum atomic E-state index is -4.40. The number of aromatic nitrogens is 3. The molecule has 0 radical (unpaired) electrons. The molecule has 0 aliphatic carbocycles. The van der Waals surface area contributed by atoms with Crippen LogP contribution in [0.15, 0.2) is 18.6 Å². The van der Waals surface area contributed by atoms with Crippen molar-refractivity contribution in [3.63, 3.8) is 0 Å². The fourth-order valence-corrected chi connectivity index (χ4v) is 1.42. The lowest BCUT2D eigenvalue weighted by atomic mass is 10.5. The Morgan fingerprint density at radius 3 is 2.89 bits per heavy atom. The van der Waals surface area contributed by atoms with E-state index in [-0.39, 0.29) is 11.5 Å². The molecule has 1 N–H and O–H groups in total. The Bertz CT molecular complexity index is 537. The highest BCUT2D eigenvalue weighted by Crippen LogP contribution is 2.22. The number of fused-ring (bicyclic) bond motifs is 1. The summed E-state index contributed by atoms with van der Waals surface area (Å²) in [5, 5.41) is 2.91. The fourth-order valence-electron chi connectivity index (χ4n) is 1.42. The van der Waals surface area contributed by atoms with E-state index >= 15 is 0 Å². The van der Waals surface area contributed by atoms with Crippen molar-refractivity contribution in [3.8, 4) is 5.88 Å². The molecule has 0 aliphatic rings. The molecule has 2 aromatic heterocycles. The molecule has 2 rings (SSSR count). The smallest absolute Gasteiger partial charge is 0.422 e. The Hall–Kier alpha value is -1.99. The number of hydrogen-bond donors (Lipinski definition) is 1. The van der Waals surface area contributed by atoms with Crippen LogP contribution in [-0.2, 0) is 0 Å². The third-order valence-corrected chi connectivity index (χ3v) is 2.07. The predicted molar refractivity (Wildman–Crippen MR) is 58.7 cm³/mol. The van der Waals surface area contributed by atoms with Gasteiger partial charge in [-0.1, -0.05) is 0 Å². The van der Waals surface area contributed by atoms with E-state index < -0.39 is 12.8 Å². The van der Waals surface area contributed by atoms with Crippen molar-refractivity contribution in [2.24, 2.45) is 0 Å². The second-order valence-corrected chi connectivity index (χ2v) is 3.52. The molecule has 0 aliphatic heterocycles. The van der Waals surface area contributed by atoms with Gasteiger partial charge in [-0.2, -0.15) is 18.2 Å². The third-order valence-electron chi connectivity index (χ3n) is 2.07. The molecule has 0 unspecified atom stereocenters. The van der Waals surface area contributed by atoms with Crippen molar-refractivity contribution < 1.29 is 17.9 Å². The van der Waals surface area contributed by atoms with E-state index in [4.69, 9.17) is 0 Å². The highest BCUT2D eigenvalue weighted by atomic mass is 19.4. The van der Waals surface area contributed by atoms with Crippen LogP contribution in [0.4, 0.5) is 19.0 Å². The lowest BCUT2D eigenvalue weighted by Crippen LogP contribution is -2.20. The van der Waals surface area contributed by atoms with Crippen LogP contribution >= 0.6 is 0 Å². The van der Waals surface area contributed by atoms with Crippen molar-refractivity contribution >= 4 is 11.5 Å². The molecule has 0 saturated carbocycles. The lowest BCUT2D eigenvalue weighted by Gasteiger charge is -2.11. The Balaban J connectivity index is 2.31. The van der Waals surface area contributed by atoms with Crippen LogP contribution in [0, 0.1) is 0 Å². The van der Waals surface area contributed by atoms with E-state index in [0.29, 0.717) is 12.4 Å². The zero-order valence-electron chi connectivity index (χ0n) is 9.53. The monoisotopic (exact) mass is 260 g/mol. The van der Waals surface area contributed by atoms with Crippen LogP contribution in [0.3, 0.4) is 0 Å². The van der Waals surface area contributed by atoms with Crippen LogP contribution in [0.2, 0.25) is 0 Å². The quantitative estimate of drug-likeness (QED) is 0.914. The maximum atomic E-state index is 12.1. The topological polar surface area (TPSA) is 51.5 Å². The largest absolute Gasteiger partial charge is 0.465 e. The molecule has 98 valence electrons.